The number of aromatic amines is 1. The number of nitrogens with zero attached hydrogens (tertiary/aromatic N) is 3. The number of nitro benzene ring substituents is 1. The standard InChI is InChI=1S/C19H17FN4O3/c1-11-4-7-16(24(26)27)10-17(11)21-12(2)18-13(3)22-23(19(18)25)15-8-5-14(20)6-9-15/h4-10,22H,1-3H3. The molecule has 0 bridgehead atoms. The van der Waals surface area contributed by atoms with E-state index in [0.717, 1.165) is 5.56 Å². The predicted octanol–water partition coefficient (Wildman–Crippen LogP) is 3.97. The highest BCUT2D eigenvalue weighted by Crippen LogP contribution is 2.25. The summed E-state index contributed by atoms with van der Waals surface area (Å²) in [7, 11) is 0. The van der Waals surface area contributed by atoms with Crippen molar-refractivity contribution in [2.75, 3.05) is 0 Å². The fourth-order valence-electron chi connectivity index (χ4n) is 2.81. The Balaban J connectivity index is 2.08. The zero-order valence-corrected chi connectivity index (χ0v) is 15.0. The number of aromatic nitrogens is 2. The van der Waals surface area contributed by atoms with Gasteiger partial charge in [-0.3, -0.25) is 25.0 Å². The van der Waals surface area contributed by atoms with E-state index in [-0.39, 0.29) is 11.2 Å². The molecule has 0 atom stereocenters. The van der Waals surface area contributed by atoms with Gasteiger partial charge in [0.2, 0.25) is 0 Å². The highest BCUT2D eigenvalue weighted by atomic mass is 19.1. The molecule has 1 N–H and O–H groups in total. The summed E-state index contributed by atoms with van der Waals surface area (Å²) in [5, 5.41) is 13.9. The Morgan fingerprint density at radius 2 is 1.85 bits per heavy atom. The van der Waals surface area contributed by atoms with Crippen molar-refractivity contribution >= 4 is 17.1 Å². The Morgan fingerprint density at radius 3 is 2.48 bits per heavy atom. The van der Waals surface area contributed by atoms with Crippen LogP contribution in [0, 0.1) is 29.8 Å². The summed E-state index contributed by atoms with van der Waals surface area (Å²) in [4.78, 5) is 27.7. The first kappa shape index (κ1) is 18.2. The molecule has 0 aliphatic rings. The second kappa shape index (κ2) is 6.99. The molecule has 3 aromatic rings. The number of halogens is 1. The van der Waals surface area contributed by atoms with Crippen LogP contribution >= 0.6 is 0 Å². The normalized spacial score (nSPS) is 11.6. The van der Waals surface area contributed by atoms with E-state index in [4.69, 9.17) is 0 Å². The van der Waals surface area contributed by atoms with E-state index in [1.54, 1.807) is 26.8 Å². The number of rotatable bonds is 4. The maximum absolute atomic E-state index is 13.1. The molecule has 1 heterocycles. The van der Waals surface area contributed by atoms with E-state index in [9.17, 15) is 19.3 Å². The highest BCUT2D eigenvalue weighted by Gasteiger charge is 2.16. The lowest BCUT2D eigenvalue weighted by Gasteiger charge is -2.03. The van der Waals surface area contributed by atoms with Crippen LogP contribution in [0.25, 0.3) is 5.69 Å². The minimum absolute atomic E-state index is 0.0679. The number of non-ortho nitro benzene ring substituents is 1. The lowest BCUT2D eigenvalue weighted by Crippen LogP contribution is -2.19. The topological polar surface area (TPSA) is 93.3 Å². The third kappa shape index (κ3) is 3.55. The molecule has 3 rings (SSSR count). The number of nitro groups is 1. The fraction of sp³-hybridized carbons (Fsp3) is 0.158. The molecule has 1 aromatic heterocycles. The fourth-order valence-corrected chi connectivity index (χ4v) is 2.81. The van der Waals surface area contributed by atoms with Crippen molar-refractivity contribution in [3.8, 4) is 5.69 Å². The third-order valence-corrected chi connectivity index (χ3v) is 4.21. The molecule has 7 nitrogen and oxygen atoms in total. The number of hydrogen-bond donors (Lipinski definition) is 1. The molecular weight excluding hydrogens is 351 g/mol. The van der Waals surface area contributed by atoms with Crippen molar-refractivity contribution in [2.45, 2.75) is 20.8 Å². The number of H-pyrrole nitrogens is 1. The monoisotopic (exact) mass is 368 g/mol. The van der Waals surface area contributed by atoms with E-state index in [1.165, 1.54) is 41.1 Å². The van der Waals surface area contributed by atoms with Gasteiger partial charge in [-0.1, -0.05) is 6.07 Å². The maximum Gasteiger partial charge on any atom is 0.280 e. The third-order valence-electron chi connectivity index (χ3n) is 4.21. The van der Waals surface area contributed by atoms with E-state index < -0.39 is 10.7 Å². The molecule has 0 spiro atoms. The van der Waals surface area contributed by atoms with Gasteiger partial charge in [0.15, 0.2) is 0 Å². The van der Waals surface area contributed by atoms with Crippen LogP contribution in [0.5, 0.6) is 0 Å². The van der Waals surface area contributed by atoms with Crippen molar-refractivity contribution in [1.29, 1.82) is 0 Å². The zero-order chi connectivity index (χ0) is 19.7. The molecule has 0 aliphatic heterocycles. The van der Waals surface area contributed by atoms with Gasteiger partial charge in [-0.2, -0.15) is 0 Å². The van der Waals surface area contributed by atoms with Crippen molar-refractivity contribution in [2.24, 2.45) is 4.99 Å². The van der Waals surface area contributed by atoms with Crippen LogP contribution in [0.2, 0.25) is 0 Å². The average Bonchev–Trinajstić information content (AvgIpc) is 2.91. The molecule has 138 valence electrons. The summed E-state index contributed by atoms with van der Waals surface area (Å²) in [6.07, 6.45) is 0. The summed E-state index contributed by atoms with van der Waals surface area (Å²) < 4.78 is 14.4. The second-order valence-corrected chi connectivity index (χ2v) is 6.15. The van der Waals surface area contributed by atoms with Gasteiger partial charge in [0, 0.05) is 17.8 Å². The predicted molar refractivity (Wildman–Crippen MR) is 101 cm³/mol. The molecule has 0 amide bonds. The molecule has 0 radical (unpaired) electrons. The van der Waals surface area contributed by atoms with Crippen LogP contribution in [0.1, 0.15) is 23.7 Å². The zero-order valence-electron chi connectivity index (χ0n) is 15.0. The van der Waals surface area contributed by atoms with Crippen LogP contribution in [-0.2, 0) is 0 Å². The molecule has 0 fully saturated rings. The first-order valence-electron chi connectivity index (χ1n) is 8.16. The number of aliphatic imine (C=N–C) groups is 1. The van der Waals surface area contributed by atoms with Gasteiger partial charge in [-0.15, -0.1) is 0 Å². The molecule has 27 heavy (non-hydrogen) atoms. The number of nitrogens with one attached hydrogen (secondary N) is 1. The van der Waals surface area contributed by atoms with E-state index in [2.05, 4.69) is 10.1 Å². The summed E-state index contributed by atoms with van der Waals surface area (Å²) >= 11 is 0. The molecular formula is C19H17FN4O3. The van der Waals surface area contributed by atoms with E-state index in [1.807, 2.05) is 0 Å². The highest BCUT2D eigenvalue weighted by molar-refractivity contribution is 6.01. The van der Waals surface area contributed by atoms with Gasteiger partial charge < -0.3 is 0 Å². The van der Waals surface area contributed by atoms with Gasteiger partial charge in [0.1, 0.15) is 5.82 Å². The van der Waals surface area contributed by atoms with E-state index >= 15 is 0 Å². The van der Waals surface area contributed by atoms with Crippen molar-refractivity contribution in [3.05, 3.63) is 85.6 Å². The number of benzene rings is 2. The Hall–Kier alpha value is -3.55. The Labute approximate surface area is 153 Å². The minimum atomic E-state index is -0.489. The Kier molecular flexibility index (Phi) is 4.72. The van der Waals surface area contributed by atoms with Gasteiger partial charge >= 0.3 is 0 Å². The summed E-state index contributed by atoms with van der Waals surface area (Å²) in [6.45, 7) is 5.19. The quantitative estimate of drug-likeness (QED) is 0.429. The van der Waals surface area contributed by atoms with Crippen molar-refractivity contribution in [1.82, 2.24) is 9.78 Å². The van der Waals surface area contributed by atoms with Crippen LogP contribution in [0.15, 0.2) is 52.3 Å². The molecule has 0 aliphatic carbocycles. The van der Waals surface area contributed by atoms with Gasteiger partial charge in [-0.25, -0.2) is 9.07 Å². The lowest BCUT2D eigenvalue weighted by atomic mass is 10.1. The van der Waals surface area contributed by atoms with E-state index in [0.29, 0.717) is 28.3 Å². The average molecular weight is 368 g/mol. The van der Waals surface area contributed by atoms with Crippen LogP contribution in [0.3, 0.4) is 0 Å². The molecule has 0 unspecified atom stereocenters. The summed E-state index contributed by atoms with van der Waals surface area (Å²) in [5.41, 5.74) is 2.67. The molecule has 2 aromatic carbocycles. The van der Waals surface area contributed by atoms with Gasteiger partial charge in [-0.05, 0) is 50.6 Å². The van der Waals surface area contributed by atoms with Crippen molar-refractivity contribution in [3.63, 3.8) is 0 Å². The number of hydrogen-bond acceptors (Lipinski definition) is 4. The number of aryl methyl sites for hydroxylation is 2. The molecule has 0 saturated heterocycles. The largest absolute Gasteiger partial charge is 0.295 e. The van der Waals surface area contributed by atoms with Crippen molar-refractivity contribution < 1.29 is 9.31 Å². The van der Waals surface area contributed by atoms with Crippen LogP contribution in [-0.4, -0.2) is 20.4 Å². The smallest absolute Gasteiger partial charge is 0.280 e. The van der Waals surface area contributed by atoms with Crippen LogP contribution < -0.4 is 5.56 Å². The first-order valence-corrected chi connectivity index (χ1v) is 8.16. The summed E-state index contributed by atoms with van der Waals surface area (Å²) in [5.74, 6) is -0.394. The molecule has 8 heteroatoms. The first-order chi connectivity index (χ1) is 12.8. The van der Waals surface area contributed by atoms with Gasteiger partial charge in [0.25, 0.3) is 11.2 Å². The Morgan fingerprint density at radius 1 is 1.19 bits per heavy atom. The van der Waals surface area contributed by atoms with Gasteiger partial charge in [0.05, 0.1) is 27.6 Å². The maximum atomic E-state index is 13.1. The summed E-state index contributed by atoms with van der Waals surface area (Å²) in [6, 6.07) is 9.93. The SMILES string of the molecule is CC(=Nc1cc([N+](=O)[O-])ccc1C)c1c(C)[nH]n(-c2ccc(F)cc2)c1=O. The molecule has 0 saturated carbocycles. The second-order valence-electron chi connectivity index (χ2n) is 6.15. The van der Waals surface area contributed by atoms with Crippen LogP contribution in [0.4, 0.5) is 15.8 Å². The minimum Gasteiger partial charge on any atom is -0.295 e. The lowest BCUT2D eigenvalue weighted by molar-refractivity contribution is -0.384. The Bertz CT molecular complexity index is 1110.